The SMILES string of the molecule is CCOc1ccc(/C=C/C(=O)OC(C)C(=O)c2cccc(Cl)c2)cc1. The van der Waals surface area contributed by atoms with Crippen LogP contribution in [0.2, 0.25) is 5.02 Å². The first-order valence-corrected chi connectivity index (χ1v) is 8.28. The summed E-state index contributed by atoms with van der Waals surface area (Å²) in [7, 11) is 0. The van der Waals surface area contributed by atoms with Gasteiger partial charge >= 0.3 is 5.97 Å². The lowest BCUT2D eigenvalue weighted by Gasteiger charge is -2.11. The van der Waals surface area contributed by atoms with Crippen molar-refractivity contribution in [1.82, 2.24) is 0 Å². The van der Waals surface area contributed by atoms with Crippen LogP contribution in [0.3, 0.4) is 0 Å². The highest BCUT2D eigenvalue weighted by molar-refractivity contribution is 6.31. The van der Waals surface area contributed by atoms with Crippen LogP contribution in [-0.2, 0) is 9.53 Å². The Morgan fingerprint density at radius 3 is 2.52 bits per heavy atom. The molecular weight excluding hydrogens is 340 g/mol. The number of ether oxygens (including phenoxy) is 2. The Kier molecular flexibility index (Phi) is 6.78. The predicted octanol–water partition coefficient (Wildman–Crippen LogP) is 4.57. The van der Waals surface area contributed by atoms with E-state index in [-0.39, 0.29) is 5.78 Å². The third kappa shape index (κ3) is 5.76. The molecule has 2 rings (SSSR count). The molecule has 1 atom stereocenters. The topological polar surface area (TPSA) is 52.6 Å². The number of halogens is 1. The molecule has 0 aliphatic rings. The molecule has 0 aliphatic heterocycles. The van der Waals surface area contributed by atoms with E-state index in [1.807, 2.05) is 31.2 Å². The van der Waals surface area contributed by atoms with Crippen LogP contribution in [0.25, 0.3) is 6.08 Å². The van der Waals surface area contributed by atoms with E-state index in [1.165, 1.54) is 13.0 Å². The van der Waals surface area contributed by atoms with Gasteiger partial charge < -0.3 is 9.47 Å². The summed E-state index contributed by atoms with van der Waals surface area (Å²) in [6.07, 6.45) is 2.02. The average molecular weight is 359 g/mol. The molecule has 0 saturated carbocycles. The highest BCUT2D eigenvalue weighted by Gasteiger charge is 2.18. The summed E-state index contributed by atoms with van der Waals surface area (Å²) in [5.74, 6) is -0.120. The van der Waals surface area contributed by atoms with Gasteiger partial charge in [-0.3, -0.25) is 4.79 Å². The van der Waals surface area contributed by atoms with E-state index in [9.17, 15) is 9.59 Å². The number of hydrogen-bond acceptors (Lipinski definition) is 4. The number of ketones is 1. The second kappa shape index (κ2) is 9.04. The number of esters is 1. The largest absolute Gasteiger partial charge is 0.494 e. The van der Waals surface area contributed by atoms with Crippen molar-refractivity contribution in [1.29, 1.82) is 0 Å². The van der Waals surface area contributed by atoms with Crippen molar-refractivity contribution < 1.29 is 19.1 Å². The molecule has 0 spiro atoms. The summed E-state index contributed by atoms with van der Waals surface area (Å²) in [6.45, 7) is 4.04. The molecule has 0 heterocycles. The smallest absolute Gasteiger partial charge is 0.331 e. The molecule has 2 aromatic carbocycles. The first-order chi connectivity index (χ1) is 12.0. The third-order valence-corrected chi connectivity index (χ3v) is 3.61. The summed E-state index contributed by atoms with van der Waals surface area (Å²) in [5, 5.41) is 0.458. The summed E-state index contributed by atoms with van der Waals surface area (Å²) in [5.41, 5.74) is 1.23. The zero-order chi connectivity index (χ0) is 18.2. The molecule has 2 aromatic rings. The second-order valence-corrected chi connectivity index (χ2v) is 5.73. The van der Waals surface area contributed by atoms with Gasteiger partial charge in [0, 0.05) is 16.7 Å². The lowest BCUT2D eigenvalue weighted by molar-refractivity contribution is -0.140. The summed E-state index contributed by atoms with van der Waals surface area (Å²) in [4.78, 5) is 24.1. The van der Waals surface area contributed by atoms with Crippen LogP contribution in [-0.4, -0.2) is 24.5 Å². The fraction of sp³-hybridized carbons (Fsp3) is 0.200. The second-order valence-electron chi connectivity index (χ2n) is 5.29. The molecule has 130 valence electrons. The van der Waals surface area contributed by atoms with Gasteiger partial charge in [0.1, 0.15) is 5.75 Å². The predicted molar refractivity (Wildman–Crippen MR) is 98.0 cm³/mol. The van der Waals surface area contributed by atoms with Gasteiger partial charge in [0.05, 0.1) is 6.61 Å². The number of rotatable bonds is 7. The number of Topliss-reactive ketones (excluding diaryl/α,β-unsaturated/α-hetero) is 1. The zero-order valence-electron chi connectivity index (χ0n) is 14.1. The van der Waals surface area contributed by atoms with Gasteiger partial charge in [0.2, 0.25) is 5.78 Å². The summed E-state index contributed by atoms with van der Waals surface area (Å²) < 4.78 is 10.5. The molecule has 25 heavy (non-hydrogen) atoms. The number of carbonyl (C=O) groups excluding carboxylic acids is 2. The fourth-order valence-electron chi connectivity index (χ4n) is 2.15. The minimum atomic E-state index is -0.893. The molecule has 0 amide bonds. The molecule has 0 aromatic heterocycles. The van der Waals surface area contributed by atoms with Gasteiger partial charge in [-0.1, -0.05) is 35.9 Å². The zero-order valence-corrected chi connectivity index (χ0v) is 14.8. The maximum Gasteiger partial charge on any atom is 0.331 e. The van der Waals surface area contributed by atoms with Gasteiger partial charge in [-0.25, -0.2) is 4.79 Å². The lowest BCUT2D eigenvalue weighted by Crippen LogP contribution is -2.23. The van der Waals surface area contributed by atoms with Crippen molar-refractivity contribution in [2.45, 2.75) is 20.0 Å². The molecule has 1 unspecified atom stereocenters. The van der Waals surface area contributed by atoms with Crippen LogP contribution in [0, 0.1) is 0 Å². The maximum absolute atomic E-state index is 12.2. The van der Waals surface area contributed by atoms with Crippen molar-refractivity contribution in [3.05, 3.63) is 70.8 Å². The molecule has 0 saturated heterocycles. The Morgan fingerprint density at radius 1 is 1.16 bits per heavy atom. The van der Waals surface area contributed by atoms with E-state index < -0.39 is 12.1 Å². The monoisotopic (exact) mass is 358 g/mol. The normalized spacial score (nSPS) is 12.0. The van der Waals surface area contributed by atoms with Crippen LogP contribution < -0.4 is 4.74 Å². The van der Waals surface area contributed by atoms with Crippen molar-refractivity contribution in [2.75, 3.05) is 6.61 Å². The molecule has 0 bridgehead atoms. The van der Waals surface area contributed by atoms with E-state index in [4.69, 9.17) is 21.1 Å². The Morgan fingerprint density at radius 2 is 1.88 bits per heavy atom. The van der Waals surface area contributed by atoms with Crippen LogP contribution >= 0.6 is 11.6 Å². The minimum absolute atomic E-state index is 0.301. The van der Waals surface area contributed by atoms with E-state index in [2.05, 4.69) is 0 Å². The molecule has 4 nitrogen and oxygen atoms in total. The van der Waals surface area contributed by atoms with Gasteiger partial charge in [-0.2, -0.15) is 0 Å². The van der Waals surface area contributed by atoms with Crippen LogP contribution in [0.5, 0.6) is 5.75 Å². The Labute approximate surface area is 152 Å². The maximum atomic E-state index is 12.2. The van der Waals surface area contributed by atoms with Crippen LogP contribution in [0.15, 0.2) is 54.6 Å². The summed E-state index contributed by atoms with van der Waals surface area (Å²) >= 11 is 5.87. The van der Waals surface area contributed by atoms with Crippen molar-refractivity contribution in [3.8, 4) is 5.75 Å². The van der Waals surface area contributed by atoms with Crippen molar-refractivity contribution in [2.24, 2.45) is 0 Å². The molecule has 5 heteroatoms. The van der Waals surface area contributed by atoms with Crippen LogP contribution in [0.1, 0.15) is 29.8 Å². The van der Waals surface area contributed by atoms with E-state index in [1.54, 1.807) is 30.3 Å². The quantitative estimate of drug-likeness (QED) is 0.413. The molecular formula is C20H19ClO4. The van der Waals surface area contributed by atoms with E-state index in [0.717, 1.165) is 11.3 Å². The highest BCUT2D eigenvalue weighted by Crippen LogP contribution is 2.15. The van der Waals surface area contributed by atoms with E-state index >= 15 is 0 Å². The van der Waals surface area contributed by atoms with Crippen molar-refractivity contribution in [3.63, 3.8) is 0 Å². The minimum Gasteiger partial charge on any atom is -0.494 e. The van der Waals surface area contributed by atoms with Gasteiger partial charge in [-0.15, -0.1) is 0 Å². The highest BCUT2D eigenvalue weighted by atomic mass is 35.5. The van der Waals surface area contributed by atoms with Crippen LogP contribution in [0.4, 0.5) is 0 Å². The Hall–Kier alpha value is -2.59. The van der Waals surface area contributed by atoms with Gasteiger partial charge in [0.15, 0.2) is 6.10 Å². The molecule has 0 aliphatic carbocycles. The average Bonchev–Trinajstić information content (AvgIpc) is 2.60. The Bertz CT molecular complexity index is 766. The first kappa shape index (κ1) is 18.7. The molecule has 0 fully saturated rings. The Balaban J connectivity index is 1.93. The van der Waals surface area contributed by atoms with Crippen molar-refractivity contribution >= 4 is 29.4 Å². The third-order valence-electron chi connectivity index (χ3n) is 3.37. The first-order valence-electron chi connectivity index (χ1n) is 7.91. The lowest BCUT2D eigenvalue weighted by atomic mass is 10.1. The van der Waals surface area contributed by atoms with E-state index in [0.29, 0.717) is 17.2 Å². The molecule has 0 N–H and O–H groups in total. The van der Waals surface area contributed by atoms with Gasteiger partial charge in [0.25, 0.3) is 0 Å². The standard InChI is InChI=1S/C20H19ClO4/c1-3-24-18-10-7-15(8-11-18)9-12-19(22)25-14(2)20(23)16-5-4-6-17(21)13-16/h4-14H,3H2,1-2H3/b12-9+. The fourth-order valence-corrected chi connectivity index (χ4v) is 2.34. The number of carbonyl (C=O) groups is 2. The van der Waals surface area contributed by atoms with Gasteiger partial charge in [-0.05, 0) is 49.8 Å². The molecule has 0 radical (unpaired) electrons. The summed E-state index contributed by atoms with van der Waals surface area (Å²) in [6, 6.07) is 13.8. The number of hydrogen-bond donors (Lipinski definition) is 0. The number of benzene rings is 2.